The summed E-state index contributed by atoms with van der Waals surface area (Å²) in [4.78, 5) is 13.7. The second-order valence-corrected chi connectivity index (χ2v) is 11.8. The molecule has 8 aromatic rings. The summed E-state index contributed by atoms with van der Waals surface area (Å²) in [6.07, 6.45) is 0. The van der Waals surface area contributed by atoms with Crippen LogP contribution in [-0.4, -0.2) is 6.47 Å². The Morgan fingerprint density at radius 1 is 0.521 bits per heavy atom. The third-order valence-corrected chi connectivity index (χ3v) is 8.91. The highest BCUT2D eigenvalue weighted by Crippen LogP contribution is 2.42. The summed E-state index contributed by atoms with van der Waals surface area (Å²) in [6.45, 7) is 2.55. The van der Waals surface area contributed by atoms with Crippen LogP contribution in [-0.2, 0) is 4.79 Å². The largest absolute Gasteiger partial charge is 0.455 e. The summed E-state index contributed by atoms with van der Waals surface area (Å²) in [5.41, 5.74) is 12.1. The van der Waals surface area contributed by atoms with Gasteiger partial charge >= 0.3 is 0 Å². The number of hydrogen-bond donors (Lipinski definition) is 0. The smallest absolute Gasteiger partial charge is 0.298 e. The Bertz CT molecular complexity index is 2390. The zero-order valence-corrected chi connectivity index (χ0v) is 26.3. The topological polar surface area (TPSA) is 42.7 Å². The predicted molar refractivity (Wildman–Crippen MR) is 196 cm³/mol. The number of carbonyl (C=O) groups is 1. The van der Waals surface area contributed by atoms with Crippen molar-refractivity contribution < 1.29 is 13.9 Å². The lowest BCUT2D eigenvalue weighted by Gasteiger charge is -2.27. The van der Waals surface area contributed by atoms with Crippen molar-refractivity contribution in [3.63, 3.8) is 0 Å². The lowest BCUT2D eigenvalue weighted by Crippen LogP contribution is -2.10. The number of nitrogens with zero attached hydrogens (tertiary/aromatic N) is 1. The SMILES string of the molecule is Cc1ccccc1-c1cc(N(c2ccc(-c3ccccc3)cc2)c2ccc(-c3cccc4c3oc3ccccc34)cc2)ccc1OC=O. The monoisotopic (exact) mass is 621 g/mol. The third-order valence-electron chi connectivity index (χ3n) is 8.91. The van der Waals surface area contributed by atoms with Gasteiger partial charge in [-0.05, 0) is 83.3 Å². The number of rotatable bonds is 8. The molecule has 0 atom stereocenters. The van der Waals surface area contributed by atoms with Crippen molar-refractivity contribution in [2.75, 3.05) is 4.90 Å². The summed E-state index contributed by atoms with van der Waals surface area (Å²) >= 11 is 0. The number of ether oxygens (including phenoxy) is 1. The number of benzene rings is 7. The fraction of sp³-hybridized carbons (Fsp3) is 0.0227. The van der Waals surface area contributed by atoms with Gasteiger partial charge < -0.3 is 14.1 Å². The normalized spacial score (nSPS) is 11.1. The van der Waals surface area contributed by atoms with E-state index in [-0.39, 0.29) is 0 Å². The van der Waals surface area contributed by atoms with E-state index in [0.29, 0.717) is 12.2 Å². The van der Waals surface area contributed by atoms with Gasteiger partial charge in [-0.3, -0.25) is 4.79 Å². The number of fused-ring (bicyclic) bond motifs is 3. The highest BCUT2D eigenvalue weighted by atomic mass is 16.5. The zero-order chi connectivity index (χ0) is 32.5. The van der Waals surface area contributed by atoms with E-state index in [2.05, 4.69) is 127 Å². The quantitative estimate of drug-likeness (QED) is 0.158. The third kappa shape index (κ3) is 5.29. The van der Waals surface area contributed by atoms with E-state index in [9.17, 15) is 4.79 Å². The van der Waals surface area contributed by atoms with Crippen LogP contribution in [0.3, 0.4) is 0 Å². The van der Waals surface area contributed by atoms with Gasteiger partial charge in [0.2, 0.25) is 0 Å². The molecular weight excluding hydrogens is 590 g/mol. The van der Waals surface area contributed by atoms with Crippen LogP contribution in [0.25, 0.3) is 55.3 Å². The molecule has 0 fully saturated rings. The van der Waals surface area contributed by atoms with Crippen molar-refractivity contribution in [2.24, 2.45) is 0 Å². The molecule has 4 heteroatoms. The van der Waals surface area contributed by atoms with Gasteiger partial charge in [-0.25, -0.2) is 0 Å². The summed E-state index contributed by atoms with van der Waals surface area (Å²) in [5, 5.41) is 2.22. The molecule has 0 radical (unpaired) electrons. The molecule has 0 unspecified atom stereocenters. The van der Waals surface area contributed by atoms with Crippen molar-refractivity contribution in [1.82, 2.24) is 0 Å². The predicted octanol–water partition coefficient (Wildman–Crippen LogP) is 11.9. The number of furan rings is 1. The fourth-order valence-corrected chi connectivity index (χ4v) is 6.54. The van der Waals surface area contributed by atoms with Gasteiger partial charge in [0.1, 0.15) is 16.9 Å². The molecule has 0 amide bonds. The molecule has 230 valence electrons. The first-order valence-corrected chi connectivity index (χ1v) is 15.9. The second-order valence-electron chi connectivity index (χ2n) is 11.8. The molecule has 1 heterocycles. The van der Waals surface area contributed by atoms with Crippen LogP contribution in [0.1, 0.15) is 5.56 Å². The van der Waals surface area contributed by atoms with Crippen LogP contribution < -0.4 is 9.64 Å². The van der Waals surface area contributed by atoms with Gasteiger partial charge in [-0.15, -0.1) is 0 Å². The van der Waals surface area contributed by atoms with Gasteiger partial charge in [0.05, 0.1) is 0 Å². The van der Waals surface area contributed by atoms with E-state index in [1.807, 2.05) is 48.5 Å². The van der Waals surface area contributed by atoms with Crippen molar-refractivity contribution in [2.45, 2.75) is 6.92 Å². The first-order valence-electron chi connectivity index (χ1n) is 15.9. The average molecular weight is 622 g/mol. The zero-order valence-electron chi connectivity index (χ0n) is 26.3. The van der Waals surface area contributed by atoms with Crippen LogP contribution in [0.4, 0.5) is 17.1 Å². The van der Waals surface area contributed by atoms with Crippen LogP contribution in [0.2, 0.25) is 0 Å². The van der Waals surface area contributed by atoms with Crippen molar-refractivity contribution in [3.05, 3.63) is 169 Å². The van der Waals surface area contributed by atoms with E-state index in [4.69, 9.17) is 9.15 Å². The summed E-state index contributed by atoms with van der Waals surface area (Å²) in [6, 6.07) is 56.1. The molecule has 0 aliphatic heterocycles. The molecule has 0 bridgehead atoms. The minimum Gasteiger partial charge on any atom is -0.455 e. The molecule has 48 heavy (non-hydrogen) atoms. The van der Waals surface area contributed by atoms with Crippen LogP contribution >= 0.6 is 0 Å². The Morgan fingerprint density at radius 3 is 1.88 bits per heavy atom. The Labute approximate surface area is 279 Å². The van der Waals surface area contributed by atoms with Crippen molar-refractivity contribution in [1.29, 1.82) is 0 Å². The van der Waals surface area contributed by atoms with Gasteiger partial charge in [0.25, 0.3) is 6.47 Å². The summed E-state index contributed by atoms with van der Waals surface area (Å²) < 4.78 is 11.8. The standard InChI is InChI=1S/C44H31NO3/c1-30-10-5-6-13-37(30)41-28-36(26-27-42(41)47-29-46)45(34-22-18-32(19-23-34)31-11-3-2-4-12-31)35-24-20-33(21-25-35)38-15-9-16-40-39-14-7-8-17-43(39)48-44(38)40/h2-29H,1H3. The maximum absolute atomic E-state index is 11.5. The maximum Gasteiger partial charge on any atom is 0.298 e. The lowest BCUT2D eigenvalue weighted by atomic mass is 9.98. The van der Waals surface area contributed by atoms with Crippen LogP contribution in [0.15, 0.2) is 168 Å². The van der Waals surface area contributed by atoms with E-state index in [1.165, 1.54) is 0 Å². The molecule has 0 aliphatic carbocycles. The van der Waals surface area contributed by atoms with E-state index in [1.54, 1.807) is 0 Å². The highest BCUT2D eigenvalue weighted by Gasteiger charge is 2.18. The first kappa shape index (κ1) is 29.0. The maximum atomic E-state index is 11.5. The summed E-state index contributed by atoms with van der Waals surface area (Å²) in [5.74, 6) is 0.511. The van der Waals surface area contributed by atoms with Crippen molar-refractivity contribution in [3.8, 4) is 39.1 Å². The highest BCUT2D eigenvalue weighted by molar-refractivity contribution is 6.09. The Hall–Kier alpha value is -6.39. The molecule has 7 aromatic carbocycles. The minimum atomic E-state index is 0.484. The number of para-hydroxylation sites is 2. The van der Waals surface area contributed by atoms with E-state index in [0.717, 1.165) is 77.9 Å². The average Bonchev–Trinajstić information content (AvgIpc) is 3.53. The molecule has 0 spiro atoms. The van der Waals surface area contributed by atoms with Crippen LogP contribution in [0.5, 0.6) is 5.75 Å². The van der Waals surface area contributed by atoms with Gasteiger partial charge in [0.15, 0.2) is 0 Å². The fourth-order valence-electron chi connectivity index (χ4n) is 6.54. The Kier molecular flexibility index (Phi) is 7.52. The molecule has 0 aliphatic rings. The van der Waals surface area contributed by atoms with Crippen LogP contribution in [0, 0.1) is 6.92 Å². The van der Waals surface area contributed by atoms with Gasteiger partial charge in [-0.2, -0.15) is 0 Å². The second kappa shape index (κ2) is 12.4. The number of hydrogen-bond acceptors (Lipinski definition) is 4. The molecule has 0 saturated carbocycles. The number of carbonyl (C=O) groups excluding carboxylic acids is 1. The number of anilines is 3. The first-order chi connectivity index (χ1) is 23.7. The molecule has 0 saturated heterocycles. The molecule has 1 aromatic heterocycles. The van der Waals surface area contributed by atoms with Crippen molar-refractivity contribution >= 4 is 45.5 Å². The molecule has 8 rings (SSSR count). The minimum absolute atomic E-state index is 0.484. The van der Waals surface area contributed by atoms with E-state index >= 15 is 0 Å². The lowest BCUT2D eigenvalue weighted by molar-refractivity contribution is -0.120. The summed E-state index contributed by atoms with van der Waals surface area (Å²) in [7, 11) is 0. The van der Waals surface area contributed by atoms with Gasteiger partial charge in [-0.1, -0.05) is 115 Å². The molecule has 4 nitrogen and oxygen atoms in total. The van der Waals surface area contributed by atoms with Gasteiger partial charge in [0, 0.05) is 39.0 Å². The molecular formula is C44H31NO3. The van der Waals surface area contributed by atoms with E-state index < -0.39 is 0 Å². The Morgan fingerprint density at radius 2 is 1.12 bits per heavy atom. The Balaban J connectivity index is 1.25. The molecule has 0 N–H and O–H groups in total. The number of aryl methyl sites for hydroxylation is 1.